The normalized spacial score (nSPS) is 16.4. The summed E-state index contributed by atoms with van der Waals surface area (Å²) in [4.78, 5) is 13.8. The van der Waals surface area contributed by atoms with Crippen LogP contribution in [0, 0.1) is 0 Å². The smallest absolute Gasteiger partial charge is 0.222 e. The highest BCUT2D eigenvalue weighted by Gasteiger charge is 2.15. The lowest BCUT2D eigenvalue weighted by molar-refractivity contribution is -0.130. The summed E-state index contributed by atoms with van der Waals surface area (Å²) in [6, 6.07) is 1.91. The maximum Gasteiger partial charge on any atom is 0.222 e. The first-order valence-electron chi connectivity index (χ1n) is 5.69. The van der Waals surface area contributed by atoms with Gasteiger partial charge in [0.25, 0.3) is 0 Å². The predicted molar refractivity (Wildman–Crippen MR) is 65.4 cm³/mol. The molecule has 0 radical (unpaired) electrons. The standard InChI is InChI=1S/C11H17N3OS/c15-11(13-7-9-16-10-8-13)3-1-5-14-6-2-4-12-14/h2,4,6H,1,3,5,7-10H2. The summed E-state index contributed by atoms with van der Waals surface area (Å²) in [7, 11) is 0. The molecule has 0 N–H and O–H groups in total. The number of carbonyl (C=O) groups is 1. The number of amides is 1. The van der Waals surface area contributed by atoms with Crippen molar-refractivity contribution in [2.24, 2.45) is 0 Å². The van der Waals surface area contributed by atoms with E-state index >= 15 is 0 Å². The molecule has 0 aromatic carbocycles. The van der Waals surface area contributed by atoms with Crippen molar-refractivity contribution in [1.82, 2.24) is 14.7 Å². The van der Waals surface area contributed by atoms with Gasteiger partial charge in [0.05, 0.1) is 0 Å². The van der Waals surface area contributed by atoms with Gasteiger partial charge in [-0.05, 0) is 12.5 Å². The van der Waals surface area contributed by atoms with E-state index in [1.54, 1.807) is 6.20 Å². The summed E-state index contributed by atoms with van der Waals surface area (Å²) in [5, 5.41) is 4.11. The summed E-state index contributed by atoms with van der Waals surface area (Å²) in [5.41, 5.74) is 0. The first kappa shape index (κ1) is 11.5. The number of nitrogens with zero attached hydrogens (tertiary/aromatic N) is 3. The maximum absolute atomic E-state index is 11.8. The van der Waals surface area contributed by atoms with Crippen molar-refractivity contribution in [2.45, 2.75) is 19.4 Å². The van der Waals surface area contributed by atoms with Crippen LogP contribution in [0.3, 0.4) is 0 Å². The van der Waals surface area contributed by atoms with E-state index in [1.165, 1.54) is 0 Å². The van der Waals surface area contributed by atoms with Crippen LogP contribution in [0.5, 0.6) is 0 Å². The van der Waals surface area contributed by atoms with Crippen molar-refractivity contribution in [1.29, 1.82) is 0 Å². The minimum Gasteiger partial charge on any atom is -0.341 e. The number of hydrogen-bond acceptors (Lipinski definition) is 3. The second kappa shape index (κ2) is 5.94. The highest BCUT2D eigenvalue weighted by molar-refractivity contribution is 7.99. The van der Waals surface area contributed by atoms with Crippen LogP contribution in [0.25, 0.3) is 0 Å². The molecule has 1 aliphatic heterocycles. The molecule has 1 fully saturated rings. The molecule has 0 atom stereocenters. The van der Waals surface area contributed by atoms with Gasteiger partial charge in [-0.15, -0.1) is 0 Å². The number of aromatic nitrogens is 2. The fraction of sp³-hybridized carbons (Fsp3) is 0.636. The molecule has 0 saturated carbocycles. The highest BCUT2D eigenvalue weighted by Crippen LogP contribution is 2.10. The quantitative estimate of drug-likeness (QED) is 0.793. The fourth-order valence-electron chi connectivity index (χ4n) is 1.80. The van der Waals surface area contributed by atoms with E-state index in [1.807, 2.05) is 33.6 Å². The van der Waals surface area contributed by atoms with Gasteiger partial charge in [0.1, 0.15) is 0 Å². The lowest BCUT2D eigenvalue weighted by Gasteiger charge is -2.26. The number of hydrogen-bond donors (Lipinski definition) is 0. The van der Waals surface area contributed by atoms with Gasteiger partial charge in [0.15, 0.2) is 0 Å². The molecule has 0 bridgehead atoms. The maximum atomic E-state index is 11.8. The van der Waals surface area contributed by atoms with E-state index in [-0.39, 0.29) is 0 Å². The van der Waals surface area contributed by atoms with Gasteiger partial charge < -0.3 is 4.90 Å². The summed E-state index contributed by atoms with van der Waals surface area (Å²) >= 11 is 1.93. The van der Waals surface area contributed by atoms with Crippen molar-refractivity contribution < 1.29 is 4.79 Å². The average molecular weight is 239 g/mol. The van der Waals surface area contributed by atoms with Crippen LogP contribution in [-0.2, 0) is 11.3 Å². The van der Waals surface area contributed by atoms with Crippen molar-refractivity contribution >= 4 is 17.7 Å². The molecule has 4 nitrogen and oxygen atoms in total. The number of rotatable bonds is 4. The van der Waals surface area contributed by atoms with Gasteiger partial charge in [0, 0.05) is 50.0 Å². The van der Waals surface area contributed by atoms with Crippen LogP contribution in [0.1, 0.15) is 12.8 Å². The Kier molecular flexibility index (Phi) is 4.27. The molecule has 0 aliphatic carbocycles. The lowest BCUT2D eigenvalue weighted by atomic mass is 10.2. The van der Waals surface area contributed by atoms with Gasteiger partial charge in [-0.2, -0.15) is 16.9 Å². The van der Waals surface area contributed by atoms with E-state index in [9.17, 15) is 4.79 Å². The Hall–Kier alpha value is -0.970. The Morgan fingerprint density at radius 3 is 2.88 bits per heavy atom. The third-order valence-corrected chi connectivity index (χ3v) is 3.64. The molecule has 1 amide bonds. The van der Waals surface area contributed by atoms with Crippen LogP contribution in [0.2, 0.25) is 0 Å². The van der Waals surface area contributed by atoms with Crippen molar-refractivity contribution in [3.63, 3.8) is 0 Å². The van der Waals surface area contributed by atoms with Crippen molar-refractivity contribution in [2.75, 3.05) is 24.6 Å². The molecular formula is C11H17N3OS. The Bertz CT molecular complexity index is 320. The van der Waals surface area contributed by atoms with Crippen molar-refractivity contribution in [3.05, 3.63) is 18.5 Å². The molecule has 16 heavy (non-hydrogen) atoms. The molecule has 1 saturated heterocycles. The first-order valence-corrected chi connectivity index (χ1v) is 6.85. The minimum atomic E-state index is 0.299. The zero-order valence-electron chi connectivity index (χ0n) is 9.34. The lowest BCUT2D eigenvalue weighted by Crippen LogP contribution is -2.37. The predicted octanol–water partition coefficient (Wildman–Crippen LogP) is 1.24. The molecule has 1 aromatic heterocycles. The SMILES string of the molecule is O=C(CCCn1cccn1)N1CCSCC1. The van der Waals surface area contributed by atoms with E-state index in [4.69, 9.17) is 0 Å². The molecule has 2 heterocycles. The monoisotopic (exact) mass is 239 g/mol. The first-order chi connectivity index (χ1) is 7.86. The molecule has 0 spiro atoms. The van der Waals surface area contributed by atoms with Gasteiger partial charge in [-0.1, -0.05) is 0 Å². The summed E-state index contributed by atoms with van der Waals surface area (Å²) in [6.45, 7) is 2.68. The van der Waals surface area contributed by atoms with Gasteiger partial charge in [-0.25, -0.2) is 0 Å². The zero-order chi connectivity index (χ0) is 11.2. The van der Waals surface area contributed by atoms with Gasteiger partial charge in [0.2, 0.25) is 5.91 Å². The molecule has 0 unspecified atom stereocenters. The molecule has 5 heteroatoms. The topological polar surface area (TPSA) is 38.1 Å². The fourth-order valence-corrected chi connectivity index (χ4v) is 2.70. The molecular weight excluding hydrogens is 222 g/mol. The van der Waals surface area contributed by atoms with Crippen LogP contribution in [-0.4, -0.2) is 45.2 Å². The second-order valence-corrected chi connectivity index (χ2v) is 5.09. The van der Waals surface area contributed by atoms with E-state index in [0.29, 0.717) is 12.3 Å². The van der Waals surface area contributed by atoms with Crippen LogP contribution in [0.4, 0.5) is 0 Å². The van der Waals surface area contributed by atoms with Gasteiger partial charge >= 0.3 is 0 Å². The largest absolute Gasteiger partial charge is 0.341 e. The summed E-state index contributed by atoms with van der Waals surface area (Å²) < 4.78 is 1.87. The Balaban J connectivity index is 1.67. The van der Waals surface area contributed by atoms with E-state index in [0.717, 1.165) is 37.6 Å². The molecule has 88 valence electrons. The number of carbonyl (C=O) groups excluding carboxylic acids is 1. The minimum absolute atomic E-state index is 0.299. The molecule has 1 aromatic rings. The summed E-state index contributed by atoms with van der Waals surface area (Å²) in [6.07, 6.45) is 5.22. The number of thioether (sulfide) groups is 1. The Morgan fingerprint density at radius 2 is 2.19 bits per heavy atom. The number of aryl methyl sites for hydroxylation is 1. The average Bonchev–Trinajstić information content (AvgIpc) is 2.83. The molecule has 2 rings (SSSR count). The Labute approximate surface area is 100.0 Å². The highest BCUT2D eigenvalue weighted by atomic mass is 32.2. The third kappa shape index (κ3) is 3.27. The zero-order valence-corrected chi connectivity index (χ0v) is 10.2. The van der Waals surface area contributed by atoms with Crippen LogP contribution in [0.15, 0.2) is 18.5 Å². The molecule has 1 aliphatic rings. The van der Waals surface area contributed by atoms with E-state index in [2.05, 4.69) is 5.10 Å². The Morgan fingerprint density at radius 1 is 1.38 bits per heavy atom. The summed E-state index contributed by atoms with van der Waals surface area (Å²) in [5.74, 6) is 2.47. The van der Waals surface area contributed by atoms with Crippen LogP contribution >= 0.6 is 11.8 Å². The third-order valence-electron chi connectivity index (χ3n) is 2.70. The van der Waals surface area contributed by atoms with E-state index < -0.39 is 0 Å². The van der Waals surface area contributed by atoms with Crippen molar-refractivity contribution in [3.8, 4) is 0 Å². The van der Waals surface area contributed by atoms with Gasteiger partial charge in [-0.3, -0.25) is 9.48 Å². The second-order valence-electron chi connectivity index (χ2n) is 3.87. The van der Waals surface area contributed by atoms with Crippen LogP contribution < -0.4 is 0 Å².